The standard InChI is InChI=1S/C13H14ClN3O2/c1-16-6-4-13(9-15,5-7-16)10-2-3-11(14)12(8-10)17(18)19/h2-3,8H,4-7H2,1H3. The highest BCUT2D eigenvalue weighted by Crippen LogP contribution is 2.37. The molecule has 0 atom stereocenters. The van der Waals surface area contributed by atoms with Crippen LogP contribution in [-0.2, 0) is 5.41 Å². The number of nitrogens with zero attached hydrogens (tertiary/aromatic N) is 3. The van der Waals surface area contributed by atoms with Crippen molar-refractivity contribution in [1.82, 2.24) is 4.90 Å². The van der Waals surface area contributed by atoms with E-state index >= 15 is 0 Å². The molecule has 1 aliphatic rings. The number of nitriles is 1. The summed E-state index contributed by atoms with van der Waals surface area (Å²) in [5.74, 6) is 0. The largest absolute Gasteiger partial charge is 0.306 e. The van der Waals surface area contributed by atoms with E-state index in [0.29, 0.717) is 18.4 Å². The van der Waals surface area contributed by atoms with Crippen LogP contribution >= 0.6 is 11.6 Å². The molecule has 0 saturated carbocycles. The third kappa shape index (κ3) is 2.55. The summed E-state index contributed by atoms with van der Waals surface area (Å²) in [5, 5.41) is 20.5. The Balaban J connectivity index is 2.42. The van der Waals surface area contributed by atoms with E-state index in [-0.39, 0.29) is 10.7 Å². The second kappa shape index (κ2) is 5.16. The minimum atomic E-state index is -0.637. The van der Waals surface area contributed by atoms with E-state index in [1.54, 1.807) is 6.07 Å². The molecule has 0 amide bonds. The Kier molecular flexibility index (Phi) is 3.74. The van der Waals surface area contributed by atoms with Gasteiger partial charge in [0, 0.05) is 6.07 Å². The smallest absolute Gasteiger partial charge is 0.288 e. The summed E-state index contributed by atoms with van der Waals surface area (Å²) in [6.07, 6.45) is 1.36. The Bertz CT molecular complexity index is 545. The van der Waals surface area contributed by atoms with Gasteiger partial charge in [0.05, 0.1) is 16.4 Å². The van der Waals surface area contributed by atoms with Gasteiger partial charge in [-0.3, -0.25) is 10.1 Å². The molecule has 1 aromatic carbocycles. The van der Waals surface area contributed by atoms with Gasteiger partial charge in [-0.25, -0.2) is 0 Å². The Hall–Kier alpha value is -1.64. The first-order valence-corrected chi connectivity index (χ1v) is 6.40. The lowest BCUT2D eigenvalue weighted by molar-refractivity contribution is -0.384. The first kappa shape index (κ1) is 13.8. The van der Waals surface area contributed by atoms with Crippen molar-refractivity contribution in [1.29, 1.82) is 5.26 Å². The molecule has 0 aliphatic carbocycles. The highest BCUT2D eigenvalue weighted by molar-refractivity contribution is 6.32. The molecule has 1 heterocycles. The summed E-state index contributed by atoms with van der Waals surface area (Å²) in [6, 6.07) is 7.02. The summed E-state index contributed by atoms with van der Waals surface area (Å²) >= 11 is 5.81. The molecule has 0 bridgehead atoms. The number of hydrogen-bond acceptors (Lipinski definition) is 4. The fraction of sp³-hybridized carbons (Fsp3) is 0.462. The average Bonchev–Trinajstić information content (AvgIpc) is 2.40. The van der Waals surface area contributed by atoms with Crippen LogP contribution in [-0.4, -0.2) is 30.0 Å². The first-order valence-electron chi connectivity index (χ1n) is 6.03. The van der Waals surface area contributed by atoms with Crippen LogP contribution < -0.4 is 0 Å². The molecule has 1 aromatic rings. The fourth-order valence-corrected chi connectivity index (χ4v) is 2.60. The summed E-state index contributed by atoms with van der Waals surface area (Å²) in [7, 11) is 2.01. The van der Waals surface area contributed by atoms with Crippen LogP contribution in [0.1, 0.15) is 18.4 Å². The highest BCUT2D eigenvalue weighted by atomic mass is 35.5. The van der Waals surface area contributed by atoms with Gasteiger partial charge in [-0.1, -0.05) is 17.7 Å². The van der Waals surface area contributed by atoms with E-state index in [9.17, 15) is 15.4 Å². The molecule has 6 heteroatoms. The Labute approximate surface area is 116 Å². The SMILES string of the molecule is CN1CCC(C#N)(c2ccc(Cl)c([N+](=O)[O-])c2)CC1. The highest BCUT2D eigenvalue weighted by Gasteiger charge is 2.36. The number of piperidine rings is 1. The minimum absolute atomic E-state index is 0.106. The molecule has 2 rings (SSSR count). The van der Waals surface area contributed by atoms with Crippen LogP contribution in [0.4, 0.5) is 5.69 Å². The van der Waals surface area contributed by atoms with Gasteiger partial charge in [-0.2, -0.15) is 5.26 Å². The van der Waals surface area contributed by atoms with E-state index in [1.807, 2.05) is 7.05 Å². The quantitative estimate of drug-likeness (QED) is 0.616. The van der Waals surface area contributed by atoms with Gasteiger partial charge in [0.2, 0.25) is 0 Å². The first-order chi connectivity index (χ1) is 8.98. The zero-order valence-electron chi connectivity index (χ0n) is 10.6. The van der Waals surface area contributed by atoms with Crippen LogP contribution in [0.25, 0.3) is 0 Å². The number of hydrogen-bond donors (Lipinski definition) is 0. The van der Waals surface area contributed by atoms with Crippen molar-refractivity contribution in [3.05, 3.63) is 38.9 Å². The third-order valence-electron chi connectivity index (χ3n) is 3.75. The molecule has 0 spiro atoms. The van der Waals surface area contributed by atoms with Crippen molar-refractivity contribution < 1.29 is 4.92 Å². The fourth-order valence-electron chi connectivity index (χ4n) is 2.42. The van der Waals surface area contributed by atoms with Crippen molar-refractivity contribution in [2.24, 2.45) is 0 Å². The molecule has 1 aliphatic heterocycles. The molecular formula is C13H14ClN3O2. The van der Waals surface area contributed by atoms with E-state index in [1.165, 1.54) is 12.1 Å². The van der Waals surface area contributed by atoms with E-state index in [2.05, 4.69) is 11.0 Å². The predicted octanol–water partition coefficient (Wildman–Crippen LogP) is 2.74. The molecule has 0 radical (unpaired) electrons. The van der Waals surface area contributed by atoms with Crippen molar-refractivity contribution in [3.63, 3.8) is 0 Å². The summed E-state index contributed by atoms with van der Waals surface area (Å²) in [6.45, 7) is 1.62. The Morgan fingerprint density at radius 3 is 2.63 bits per heavy atom. The molecule has 0 aromatic heterocycles. The van der Waals surface area contributed by atoms with Crippen LogP contribution in [0.3, 0.4) is 0 Å². The lowest BCUT2D eigenvalue weighted by Gasteiger charge is -2.35. The van der Waals surface area contributed by atoms with Gasteiger partial charge in [0.1, 0.15) is 5.02 Å². The van der Waals surface area contributed by atoms with Crippen molar-refractivity contribution in [2.75, 3.05) is 20.1 Å². The van der Waals surface area contributed by atoms with Crippen LogP contribution in [0.2, 0.25) is 5.02 Å². The summed E-state index contributed by atoms with van der Waals surface area (Å²) in [4.78, 5) is 12.6. The zero-order valence-corrected chi connectivity index (χ0v) is 11.4. The van der Waals surface area contributed by atoms with Crippen LogP contribution in [0.5, 0.6) is 0 Å². The van der Waals surface area contributed by atoms with Crippen molar-refractivity contribution in [3.8, 4) is 6.07 Å². The van der Waals surface area contributed by atoms with Gasteiger partial charge in [0.25, 0.3) is 5.69 Å². The second-order valence-electron chi connectivity index (χ2n) is 4.92. The maximum atomic E-state index is 10.9. The van der Waals surface area contributed by atoms with Gasteiger partial charge < -0.3 is 4.90 Å². The maximum absolute atomic E-state index is 10.9. The van der Waals surface area contributed by atoms with E-state index in [4.69, 9.17) is 11.6 Å². The number of benzene rings is 1. The van der Waals surface area contributed by atoms with Crippen LogP contribution in [0.15, 0.2) is 18.2 Å². The number of halogens is 1. The lowest BCUT2D eigenvalue weighted by Crippen LogP contribution is -2.39. The van der Waals surface area contributed by atoms with Gasteiger partial charge in [-0.05, 0) is 44.6 Å². The predicted molar refractivity (Wildman–Crippen MR) is 72.1 cm³/mol. The number of likely N-dealkylation sites (tertiary alicyclic amines) is 1. The number of rotatable bonds is 2. The molecule has 0 N–H and O–H groups in total. The van der Waals surface area contributed by atoms with E-state index < -0.39 is 10.3 Å². The maximum Gasteiger partial charge on any atom is 0.288 e. The molecule has 0 unspecified atom stereocenters. The topological polar surface area (TPSA) is 70.2 Å². The summed E-state index contributed by atoms with van der Waals surface area (Å²) < 4.78 is 0. The van der Waals surface area contributed by atoms with Crippen molar-refractivity contribution >= 4 is 17.3 Å². The Morgan fingerprint density at radius 2 is 2.11 bits per heavy atom. The Morgan fingerprint density at radius 1 is 1.47 bits per heavy atom. The summed E-state index contributed by atoms with van der Waals surface area (Å²) in [5.41, 5.74) is -0.0751. The monoisotopic (exact) mass is 279 g/mol. The molecular weight excluding hydrogens is 266 g/mol. The second-order valence-corrected chi connectivity index (χ2v) is 5.33. The van der Waals surface area contributed by atoms with Gasteiger partial charge in [-0.15, -0.1) is 0 Å². The average molecular weight is 280 g/mol. The molecule has 1 fully saturated rings. The molecule has 100 valence electrons. The van der Waals surface area contributed by atoms with E-state index in [0.717, 1.165) is 13.1 Å². The lowest BCUT2D eigenvalue weighted by atomic mass is 9.74. The van der Waals surface area contributed by atoms with Gasteiger partial charge >= 0.3 is 0 Å². The molecule has 19 heavy (non-hydrogen) atoms. The van der Waals surface area contributed by atoms with Crippen LogP contribution in [0, 0.1) is 21.4 Å². The molecule has 5 nitrogen and oxygen atoms in total. The third-order valence-corrected chi connectivity index (χ3v) is 4.07. The normalized spacial score (nSPS) is 18.8. The van der Waals surface area contributed by atoms with Gasteiger partial charge in [0.15, 0.2) is 0 Å². The minimum Gasteiger partial charge on any atom is -0.306 e. The zero-order chi connectivity index (χ0) is 14.0. The molecule has 1 saturated heterocycles. The number of nitro benzene ring substituents is 1. The van der Waals surface area contributed by atoms with Crippen molar-refractivity contribution in [2.45, 2.75) is 18.3 Å². The number of nitro groups is 1.